The van der Waals surface area contributed by atoms with Gasteiger partial charge < -0.3 is 15.0 Å². The average molecular weight is 330 g/mol. The number of carbonyl (C=O) groups is 2. The van der Waals surface area contributed by atoms with Crippen LogP contribution in [0.5, 0.6) is 0 Å². The van der Waals surface area contributed by atoms with E-state index in [4.69, 9.17) is 4.74 Å². The molecule has 2 aromatic rings. The number of hydrogen-bond donors (Lipinski definition) is 1. The van der Waals surface area contributed by atoms with Gasteiger partial charge in [0.05, 0.1) is 13.2 Å². The molecule has 7 heteroatoms. The van der Waals surface area contributed by atoms with E-state index in [9.17, 15) is 9.59 Å². The molecule has 0 aliphatic heterocycles. The van der Waals surface area contributed by atoms with Crippen LogP contribution in [0, 0.1) is 6.92 Å². The standard InChI is InChI=1S/C17H22N4O3/c1-13-5-4-6-14(11-13)12-20(2)17(23)16(22)18-15-7-8-21(19-15)9-10-24-3/h4-8,11H,9-10,12H2,1-3H3,(H,18,19,22). The number of ether oxygens (including phenoxy) is 1. The van der Waals surface area contributed by atoms with Crippen molar-refractivity contribution in [2.75, 3.05) is 26.1 Å². The predicted octanol–water partition coefficient (Wildman–Crippen LogP) is 1.44. The van der Waals surface area contributed by atoms with Crippen LogP contribution < -0.4 is 5.32 Å². The molecule has 1 N–H and O–H groups in total. The Morgan fingerprint density at radius 1 is 1.33 bits per heavy atom. The summed E-state index contributed by atoms with van der Waals surface area (Å²) >= 11 is 0. The van der Waals surface area contributed by atoms with Crippen molar-refractivity contribution in [3.63, 3.8) is 0 Å². The van der Waals surface area contributed by atoms with Gasteiger partial charge >= 0.3 is 11.8 Å². The Hall–Kier alpha value is -2.67. The zero-order valence-corrected chi connectivity index (χ0v) is 14.2. The van der Waals surface area contributed by atoms with Crippen LogP contribution in [0.4, 0.5) is 5.82 Å². The number of rotatable bonds is 6. The summed E-state index contributed by atoms with van der Waals surface area (Å²) in [6.45, 7) is 3.45. The number of methoxy groups -OCH3 is 1. The summed E-state index contributed by atoms with van der Waals surface area (Å²) in [4.78, 5) is 25.6. The molecule has 24 heavy (non-hydrogen) atoms. The minimum Gasteiger partial charge on any atom is -0.383 e. The molecule has 0 fully saturated rings. The van der Waals surface area contributed by atoms with Gasteiger partial charge in [0.15, 0.2) is 5.82 Å². The van der Waals surface area contributed by atoms with Crippen molar-refractivity contribution < 1.29 is 14.3 Å². The molecule has 0 aliphatic rings. The lowest BCUT2D eigenvalue weighted by atomic mass is 10.1. The van der Waals surface area contributed by atoms with Crippen molar-refractivity contribution in [3.8, 4) is 0 Å². The first-order valence-electron chi connectivity index (χ1n) is 7.64. The number of nitrogens with zero attached hydrogens (tertiary/aromatic N) is 3. The average Bonchev–Trinajstić information content (AvgIpc) is 2.99. The Balaban J connectivity index is 1.91. The number of carbonyl (C=O) groups excluding carboxylic acids is 2. The second-order valence-electron chi connectivity index (χ2n) is 5.56. The minimum absolute atomic E-state index is 0.341. The molecule has 0 bridgehead atoms. The van der Waals surface area contributed by atoms with Gasteiger partial charge in [-0.25, -0.2) is 0 Å². The quantitative estimate of drug-likeness (QED) is 0.813. The highest BCUT2D eigenvalue weighted by atomic mass is 16.5. The molecule has 0 saturated carbocycles. The summed E-state index contributed by atoms with van der Waals surface area (Å²) in [5.41, 5.74) is 2.09. The Kier molecular flexibility index (Phi) is 6.08. The number of likely N-dealkylation sites (N-methyl/N-ethyl adjacent to an activating group) is 1. The van der Waals surface area contributed by atoms with Gasteiger partial charge in [-0.05, 0) is 12.5 Å². The molecule has 1 heterocycles. The summed E-state index contributed by atoms with van der Waals surface area (Å²) in [6, 6.07) is 9.46. The minimum atomic E-state index is -0.706. The van der Waals surface area contributed by atoms with Crippen molar-refractivity contribution in [2.24, 2.45) is 0 Å². The molecule has 0 unspecified atom stereocenters. The van der Waals surface area contributed by atoms with Gasteiger partial charge in [0.25, 0.3) is 0 Å². The number of aromatic nitrogens is 2. The molecule has 0 radical (unpaired) electrons. The van der Waals surface area contributed by atoms with Crippen LogP contribution in [0.15, 0.2) is 36.5 Å². The number of anilines is 1. The highest BCUT2D eigenvalue weighted by molar-refractivity contribution is 6.39. The first-order chi connectivity index (χ1) is 11.5. The van der Waals surface area contributed by atoms with E-state index in [1.54, 1.807) is 31.1 Å². The van der Waals surface area contributed by atoms with Crippen molar-refractivity contribution in [1.82, 2.24) is 14.7 Å². The van der Waals surface area contributed by atoms with Crippen molar-refractivity contribution in [3.05, 3.63) is 47.7 Å². The zero-order valence-electron chi connectivity index (χ0n) is 14.2. The molecular formula is C17H22N4O3. The SMILES string of the molecule is COCCn1ccc(NC(=O)C(=O)N(C)Cc2cccc(C)c2)n1. The number of benzene rings is 1. The van der Waals surface area contributed by atoms with Crippen LogP contribution in [0.3, 0.4) is 0 Å². The molecule has 0 aliphatic carbocycles. The normalized spacial score (nSPS) is 10.5. The van der Waals surface area contributed by atoms with Gasteiger partial charge in [-0.2, -0.15) is 5.10 Å². The number of aryl methyl sites for hydroxylation is 1. The van der Waals surface area contributed by atoms with Gasteiger partial charge in [0, 0.05) is 33.0 Å². The predicted molar refractivity (Wildman–Crippen MR) is 90.4 cm³/mol. The zero-order chi connectivity index (χ0) is 17.5. The van der Waals surface area contributed by atoms with E-state index in [1.165, 1.54) is 4.90 Å². The van der Waals surface area contributed by atoms with Crippen molar-refractivity contribution in [1.29, 1.82) is 0 Å². The largest absolute Gasteiger partial charge is 0.383 e. The molecule has 0 spiro atoms. The summed E-state index contributed by atoms with van der Waals surface area (Å²) in [6.07, 6.45) is 1.72. The van der Waals surface area contributed by atoms with Gasteiger partial charge in [-0.15, -0.1) is 0 Å². The number of amides is 2. The maximum atomic E-state index is 12.2. The maximum Gasteiger partial charge on any atom is 0.315 e. The van der Waals surface area contributed by atoms with Gasteiger partial charge in [-0.3, -0.25) is 14.3 Å². The van der Waals surface area contributed by atoms with Crippen molar-refractivity contribution >= 4 is 17.6 Å². The lowest BCUT2D eigenvalue weighted by Gasteiger charge is -2.16. The Bertz CT molecular complexity index is 711. The van der Waals surface area contributed by atoms with E-state index < -0.39 is 11.8 Å². The molecule has 0 saturated heterocycles. The molecular weight excluding hydrogens is 308 g/mol. The van der Waals surface area contributed by atoms with E-state index in [1.807, 2.05) is 31.2 Å². The smallest absolute Gasteiger partial charge is 0.315 e. The van der Waals surface area contributed by atoms with Crippen LogP contribution in [-0.2, 0) is 27.4 Å². The third kappa shape index (κ3) is 4.92. The van der Waals surface area contributed by atoms with Crippen LogP contribution in [0.2, 0.25) is 0 Å². The van der Waals surface area contributed by atoms with Crippen LogP contribution in [0.1, 0.15) is 11.1 Å². The Morgan fingerprint density at radius 3 is 2.83 bits per heavy atom. The van der Waals surface area contributed by atoms with Gasteiger partial charge in [0.1, 0.15) is 0 Å². The molecule has 0 atom stereocenters. The Labute approximate surface area is 141 Å². The van der Waals surface area contributed by atoms with E-state index in [0.29, 0.717) is 25.5 Å². The molecule has 1 aromatic carbocycles. The number of hydrogen-bond acceptors (Lipinski definition) is 4. The molecule has 1 aromatic heterocycles. The highest BCUT2D eigenvalue weighted by Gasteiger charge is 2.19. The van der Waals surface area contributed by atoms with Crippen LogP contribution >= 0.6 is 0 Å². The third-order valence-electron chi connectivity index (χ3n) is 3.45. The lowest BCUT2D eigenvalue weighted by Crippen LogP contribution is -2.36. The fraction of sp³-hybridized carbons (Fsp3) is 0.353. The second kappa shape index (κ2) is 8.26. The molecule has 2 rings (SSSR count). The summed E-state index contributed by atoms with van der Waals surface area (Å²) in [5, 5.41) is 6.67. The first-order valence-corrected chi connectivity index (χ1v) is 7.64. The van der Waals surface area contributed by atoms with Gasteiger partial charge in [-0.1, -0.05) is 29.8 Å². The summed E-state index contributed by atoms with van der Waals surface area (Å²) in [7, 11) is 3.20. The fourth-order valence-corrected chi connectivity index (χ4v) is 2.24. The molecule has 7 nitrogen and oxygen atoms in total. The fourth-order valence-electron chi connectivity index (χ4n) is 2.24. The summed E-state index contributed by atoms with van der Waals surface area (Å²) in [5.74, 6) is -0.974. The number of nitrogens with one attached hydrogen (secondary N) is 1. The monoisotopic (exact) mass is 330 g/mol. The van der Waals surface area contributed by atoms with Crippen LogP contribution in [-0.4, -0.2) is 47.3 Å². The van der Waals surface area contributed by atoms with E-state index in [-0.39, 0.29) is 0 Å². The van der Waals surface area contributed by atoms with E-state index in [2.05, 4.69) is 10.4 Å². The van der Waals surface area contributed by atoms with Gasteiger partial charge in [0.2, 0.25) is 0 Å². The lowest BCUT2D eigenvalue weighted by molar-refractivity contribution is -0.142. The molecule has 128 valence electrons. The van der Waals surface area contributed by atoms with E-state index >= 15 is 0 Å². The Morgan fingerprint density at radius 2 is 2.12 bits per heavy atom. The summed E-state index contributed by atoms with van der Waals surface area (Å²) < 4.78 is 6.60. The second-order valence-corrected chi connectivity index (χ2v) is 5.56. The topological polar surface area (TPSA) is 76.5 Å². The van der Waals surface area contributed by atoms with E-state index in [0.717, 1.165) is 11.1 Å². The highest BCUT2D eigenvalue weighted by Crippen LogP contribution is 2.08. The maximum absolute atomic E-state index is 12.2. The van der Waals surface area contributed by atoms with Crippen LogP contribution in [0.25, 0.3) is 0 Å². The van der Waals surface area contributed by atoms with Crippen molar-refractivity contribution in [2.45, 2.75) is 20.0 Å². The molecule has 2 amide bonds. The third-order valence-corrected chi connectivity index (χ3v) is 3.45. The first kappa shape index (κ1) is 17.7.